The van der Waals surface area contributed by atoms with Crippen LogP contribution in [0.15, 0.2) is 63.8 Å². The molecule has 0 aliphatic carbocycles. The van der Waals surface area contributed by atoms with Crippen molar-refractivity contribution >= 4 is 28.5 Å². The average Bonchev–Trinajstić information content (AvgIpc) is 2.72. The van der Waals surface area contributed by atoms with E-state index in [9.17, 15) is 14.4 Å². The van der Waals surface area contributed by atoms with Crippen LogP contribution in [0.25, 0.3) is 11.0 Å². The number of aryl methyl sites for hydroxylation is 1. The zero-order chi connectivity index (χ0) is 19.7. The molecule has 0 radical (unpaired) electrons. The van der Waals surface area contributed by atoms with Gasteiger partial charge in [0, 0.05) is 17.6 Å². The second kappa shape index (κ2) is 7.31. The second-order valence-corrected chi connectivity index (χ2v) is 6.90. The number of rotatable bonds is 3. The van der Waals surface area contributed by atoms with E-state index in [1.807, 2.05) is 24.3 Å². The molecule has 3 aromatic rings. The number of hydrogen-bond acceptors (Lipinski definition) is 4. The molecular formula is C22H20N2O4. The SMILES string of the molecule is C[C@@H](NC(=O)c1cc2ccccc2oc1=O)C(=O)N1CCCc2ccccc21. The molecule has 2 aromatic carbocycles. The molecule has 1 aromatic heterocycles. The molecule has 2 heterocycles. The van der Waals surface area contributed by atoms with Crippen LogP contribution in [0.3, 0.4) is 0 Å². The van der Waals surface area contributed by atoms with Gasteiger partial charge >= 0.3 is 5.63 Å². The van der Waals surface area contributed by atoms with Crippen molar-refractivity contribution in [1.29, 1.82) is 0 Å². The van der Waals surface area contributed by atoms with Gasteiger partial charge in [0.15, 0.2) is 0 Å². The lowest BCUT2D eigenvalue weighted by Crippen LogP contribution is -2.49. The van der Waals surface area contributed by atoms with Crippen LogP contribution in [0.5, 0.6) is 0 Å². The van der Waals surface area contributed by atoms with Gasteiger partial charge in [0.05, 0.1) is 0 Å². The molecule has 6 heteroatoms. The Hall–Kier alpha value is -3.41. The molecule has 4 rings (SSSR count). The summed E-state index contributed by atoms with van der Waals surface area (Å²) in [5.74, 6) is -0.823. The second-order valence-electron chi connectivity index (χ2n) is 6.90. The third-order valence-corrected chi connectivity index (χ3v) is 4.98. The van der Waals surface area contributed by atoms with Gasteiger partial charge in [-0.3, -0.25) is 9.59 Å². The standard InChI is InChI=1S/C22H20N2O4/c1-14(21(26)24-12-6-9-15-7-2-4-10-18(15)24)23-20(25)17-13-16-8-3-5-11-19(16)28-22(17)27/h2-5,7-8,10-11,13-14H,6,9,12H2,1H3,(H,23,25)/t14-/m1/s1. The van der Waals surface area contributed by atoms with Gasteiger partial charge < -0.3 is 14.6 Å². The Bertz CT molecular complexity index is 1120. The van der Waals surface area contributed by atoms with Crippen molar-refractivity contribution in [3.8, 4) is 0 Å². The molecule has 6 nitrogen and oxygen atoms in total. The molecule has 0 bridgehead atoms. The van der Waals surface area contributed by atoms with Crippen molar-refractivity contribution in [2.45, 2.75) is 25.8 Å². The number of carbonyl (C=O) groups is 2. The highest BCUT2D eigenvalue weighted by Crippen LogP contribution is 2.27. The summed E-state index contributed by atoms with van der Waals surface area (Å²) >= 11 is 0. The molecule has 1 atom stereocenters. The van der Waals surface area contributed by atoms with E-state index in [0.29, 0.717) is 17.5 Å². The van der Waals surface area contributed by atoms with Crippen LogP contribution in [-0.2, 0) is 11.2 Å². The third kappa shape index (κ3) is 3.29. The molecule has 1 N–H and O–H groups in total. The van der Waals surface area contributed by atoms with Crippen LogP contribution in [-0.4, -0.2) is 24.4 Å². The number of nitrogens with one attached hydrogen (secondary N) is 1. The number of anilines is 1. The summed E-state index contributed by atoms with van der Waals surface area (Å²) in [6.07, 6.45) is 1.80. The van der Waals surface area contributed by atoms with Gasteiger partial charge in [0.2, 0.25) is 5.91 Å². The number of para-hydroxylation sites is 2. The van der Waals surface area contributed by atoms with Gasteiger partial charge in [-0.2, -0.15) is 0 Å². The highest BCUT2D eigenvalue weighted by molar-refractivity contribution is 6.03. The van der Waals surface area contributed by atoms with E-state index in [1.54, 1.807) is 36.1 Å². The smallest absolute Gasteiger partial charge is 0.349 e. The normalized spacial score (nSPS) is 14.4. The van der Waals surface area contributed by atoms with Gasteiger partial charge in [0.25, 0.3) is 5.91 Å². The monoisotopic (exact) mass is 376 g/mol. The third-order valence-electron chi connectivity index (χ3n) is 4.98. The first-order valence-electron chi connectivity index (χ1n) is 9.27. The van der Waals surface area contributed by atoms with Crippen molar-refractivity contribution in [2.75, 3.05) is 11.4 Å². The lowest BCUT2D eigenvalue weighted by Gasteiger charge is -2.31. The first-order chi connectivity index (χ1) is 13.5. The summed E-state index contributed by atoms with van der Waals surface area (Å²) in [4.78, 5) is 39.4. The van der Waals surface area contributed by atoms with E-state index in [1.165, 1.54) is 6.07 Å². The maximum atomic E-state index is 12.9. The Balaban J connectivity index is 1.55. The molecule has 2 amide bonds. The average molecular weight is 376 g/mol. The first-order valence-corrected chi connectivity index (χ1v) is 9.27. The van der Waals surface area contributed by atoms with Crippen LogP contribution in [0, 0.1) is 0 Å². The number of nitrogens with zero attached hydrogens (tertiary/aromatic N) is 1. The molecule has 142 valence electrons. The van der Waals surface area contributed by atoms with E-state index in [2.05, 4.69) is 5.32 Å². The van der Waals surface area contributed by atoms with E-state index in [4.69, 9.17) is 4.42 Å². The topological polar surface area (TPSA) is 79.6 Å². The molecule has 0 fully saturated rings. The summed E-state index contributed by atoms with van der Waals surface area (Å²) in [6, 6.07) is 15.5. The molecule has 0 saturated heterocycles. The molecule has 0 spiro atoms. The van der Waals surface area contributed by atoms with Crippen molar-refractivity contribution in [1.82, 2.24) is 5.32 Å². The summed E-state index contributed by atoms with van der Waals surface area (Å²) < 4.78 is 5.21. The van der Waals surface area contributed by atoms with Gasteiger partial charge in [-0.1, -0.05) is 36.4 Å². The Kier molecular flexibility index (Phi) is 4.69. The highest BCUT2D eigenvalue weighted by atomic mass is 16.4. The van der Waals surface area contributed by atoms with Crippen molar-refractivity contribution in [3.05, 3.63) is 76.1 Å². The molecule has 0 unspecified atom stereocenters. The fraction of sp³-hybridized carbons (Fsp3) is 0.227. The van der Waals surface area contributed by atoms with Crippen LogP contribution >= 0.6 is 0 Å². The molecular weight excluding hydrogens is 356 g/mol. The van der Waals surface area contributed by atoms with Gasteiger partial charge in [-0.05, 0) is 43.5 Å². The minimum absolute atomic E-state index is 0.114. The number of hydrogen-bond donors (Lipinski definition) is 1. The number of benzene rings is 2. The summed E-state index contributed by atoms with van der Waals surface area (Å²) in [7, 11) is 0. The van der Waals surface area contributed by atoms with E-state index in [-0.39, 0.29) is 11.5 Å². The first kappa shape index (κ1) is 18.0. The van der Waals surface area contributed by atoms with Gasteiger partial charge in [0.1, 0.15) is 17.2 Å². The molecule has 28 heavy (non-hydrogen) atoms. The largest absolute Gasteiger partial charge is 0.422 e. The molecule has 0 saturated carbocycles. The zero-order valence-corrected chi connectivity index (χ0v) is 15.5. The minimum atomic E-state index is -0.774. The van der Waals surface area contributed by atoms with Crippen LogP contribution in [0.4, 0.5) is 5.69 Å². The van der Waals surface area contributed by atoms with Crippen molar-refractivity contribution < 1.29 is 14.0 Å². The quantitative estimate of drug-likeness (QED) is 0.713. The van der Waals surface area contributed by atoms with E-state index in [0.717, 1.165) is 24.1 Å². The molecule has 1 aliphatic heterocycles. The summed E-state index contributed by atoms with van der Waals surface area (Å²) in [6.45, 7) is 2.23. The van der Waals surface area contributed by atoms with Crippen molar-refractivity contribution in [2.24, 2.45) is 0 Å². The number of amides is 2. The lowest BCUT2D eigenvalue weighted by atomic mass is 10.0. The molecule has 1 aliphatic rings. The summed E-state index contributed by atoms with van der Waals surface area (Å²) in [5.41, 5.74) is 1.58. The van der Waals surface area contributed by atoms with E-state index < -0.39 is 17.6 Å². The lowest BCUT2D eigenvalue weighted by molar-refractivity contribution is -0.120. The Morgan fingerprint density at radius 1 is 1.11 bits per heavy atom. The number of fused-ring (bicyclic) bond motifs is 2. The maximum absolute atomic E-state index is 12.9. The fourth-order valence-electron chi connectivity index (χ4n) is 3.55. The van der Waals surface area contributed by atoms with Gasteiger partial charge in [-0.25, -0.2) is 4.79 Å². The van der Waals surface area contributed by atoms with Crippen molar-refractivity contribution in [3.63, 3.8) is 0 Å². The van der Waals surface area contributed by atoms with E-state index >= 15 is 0 Å². The number of carbonyl (C=O) groups excluding carboxylic acids is 2. The Labute approximate surface area is 161 Å². The van der Waals surface area contributed by atoms with Crippen LogP contribution in [0.2, 0.25) is 0 Å². The Morgan fingerprint density at radius 3 is 2.71 bits per heavy atom. The van der Waals surface area contributed by atoms with Crippen LogP contribution < -0.4 is 15.8 Å². The predicted molar refractivity (Wildman–Crippen MR) is 107 cm³/mol. The predicted octanol–water partition coefficient (Wildman–Crippen LogP) is 2.89. The Morgan fingerprint density at radius 2 is 1.86 bits per heavy atom. The maximum Gasteiger partial charge on any atom is 0.349 e. The van der Waals surface area contributed by atoms with Crippen LogP contribution in [0.1, 0.15) is 29.3 Å². The highest BCUT2D eigenvalue weighted by Gasteiger charge is 2.28. The summed E-state index contributed by atoms with van der Waals surface area (Å²) in [5, 5.41) is 3.29. The fourth-order valence-corrected chi connectivity index (χ4v) is 3.55. The minimum Gasteiger partial charge on any atom is -0.422 e. The zero-order valence-electron chi connectivity index (χ0n) is 15.5. The van der Waals surface area contributed by atoms with Gasteiger partial charge in [-0.15, -0.1) is 0 Å².